The average Bonchev–Trinajstić information content (AvgIpc) is 3.39. The van der Waals surface area contributed by atoms with E-state index in [9.17, 15) is 0 Å². The lowest BCUT2D eigenvalue weighted by Gasteiger charge is -2.20. The minimum absolute atomic E-state index is 0.0538. The molecule has 0 N–H and O–H groups in total. The van der Waals surface area contributed by atoms with Gasteiger partial charge in [0, 0.05) is 11.8 Å². The number of hydrogen-bond acceptors (Lipinski definition) is 7. The molecule has 7 nitrogen and oxygen atoms in total. The van der Waals surface area contributed by atoms with E-state index in [1.807, 2.05) is 30.3 Å². The Morgan fingerprint density at radius 2 is 1.10 bits per heavy atom. The molecule has 4 rings (SSSR count). The zero-order valence-corrected chi connectivity index (χ0v) is 18.0. The van der Waals surface area contributed by atoms with Gasteiger partial charge in [0.1, 0.15) is 0 Å². The Bertz CT molecular complexity index is 872. The molecule has 30 heavy (non-hydrogen) atoms. The second-order valence-electron chi connectivity index (χ2n) is 7.41. The van der Waals surface area contributed by atoms with Gasteiger partial charge in [-0.2, -0.15) is 0 Å². The molecule has 2 saturated heterocycles. The highest BCUT2D eigenvalue weighted by atomic mass is 16.5. The summed E-state index contributed by atoms with van der Waals surface area (Å²) in [4.78, 5) is 0. The molecule has 0 radical (unpaired) electrons. The van der Waals surface area contributed by atoms with Crippen LogP contribution in [0.5, 0.6) is 28.7 Å². The molecule has 0 spiro atoms. The third-order valence-corrected chi connectivity index (χ3v) is 6.02. The molecule has 2 fully saturated rings. The number of ether oxygens (including phenoxy) is 7. The summed E-state index contributed by atoms with van der Waals surface area (Å²) in [6.45, 7) is 1.23. The Labute approximate surface area is 176 Å². The van der Waals surface area contributed by atoms with Gasteiger partial charge in [-0.1, -0.05) is 6.07 Å². The van der Waals surface area contributed by atoms with Crippen LogP contribution in [0.4, 0.5) is 0 Å². The minimum atomic E-state index is -0.103. The largest absolute Gasteiger partial charge is 0.493 e. The van der Waals surface area contributed by atoms with Gasteiger partial charge in [-0.25, -0.2) is 0 Å². The molecule has 162 valence electrons. The highest BCUT2D eigenvalue weighted by Crippen LogP contribution is 2.52. The molecule has 0 aromatic heterocycles. The molecule has 0 bridgehead atoms. The molecule has 0 unspecified atom stereocenters. The van der Waals surface area contributed by atoms with E-state index in [2.05, 4.69) is 0 Å². The van der Waals surface area contributed by atoms with Gasteiger partial charge in [-0.15, -0.1) is 0 Å². The van der Waals surface area contributed by atoms with Gasteiger partial charge in [0.05, 0.1) is 61.0 Å². The van der Waals surface area contributed by atoms with Crippen molar-refractivity contribution in [2.45, 2.75) is 12.2 Å². The standard InChI is InChI=1S/C23H28O7/c1-24-17-7-6-13(8-18(17)25-2)21-15-11-30-22(16(15)12-29-21)14-9-19(26-3)23(28-5)20(10-14)27-4/h6-10,15-16,21-22H,11-12H2,1-5H3/t15-,16-,21-,22-/m0/s1. The van der Waals surface area contributed by atoms with Crippen LogP contribution in [0.25, 0.3) is 0 Å². The lowest BCUT2D eigenvalue weighted by atomic mass is 9.84. The number of fused-ring (bicyclic) bond motifs is 1. The van der Waals surface area contributed by atoms with Crippen LogP contribution in [0.1, 0.15) is 23.3 Å². The highest BCUT2D eigenvalue weighted by molar-refractivity contribution is 5.54. The van der Waals surface area contributed by atoms with Crippen LogP contribution in [-0.4, -0.2) is 48.8 Å². The van der Waals surface area contributed by atoms with Gasteiger partial charge in [0.25, 0.3) is 0 Å². The highest BCUT2D eigenvalue weighted by Gasteiger charge is 2.48. The number of methoxy groups -OCH3 is 5. The Morgan fingerprint density at radius 1 is 0.600 bits per heavy atom. The van der Waals surface area contributed by atoms with Crippen LogP contribution in [0, 0.1) is 11.8 Å². The Hall–Kier alpha value is -2.64. The zero-order valence-electron chi connectivity index (χ0n) is 18.0. The first kappa shape index (κ1) is 20.6. The molecule has 2 aromatic carbocycles. The van der Waals surface area contributed by atoms with Crippen LogP contribution < -0.4 is 23.7 Å². The molecule has 0 aliphatic carbocycles. The van der Waals surface area contributed by atoms with Crippen molar-refractivity contribution in [3.8, 4) is 28.7 Å². The molecule has 2 aliphatic rings. The molecule has 2 aliphatic heterocycles. The Kier molecular flexibility index (Phi) is 5.92. The maximum Gasteiger partial charge on any atom is 0.203 e. The molecule has 0 amide bonds. The monoisotopic (exact) mass is 416 g/mol. The summed E-state index contributed by atoms with van der Waals surface area (Å²) in [7, 11) is 8.10. The molecule has 0 saturated carbocycles. The smallest absolute Gasteiger partial charge is 0.203 e. The molecule has 2 aromatic rings. The third kappa shape index (κ3) is 3.42. The van der Waals surface area contributed by atoms with Crippen LogP contribution in [-0.2, 0) is 9.47 Å². The number of hydrogen-bond donors (Lipinski definition) is 0. The molecule has 7 heteroatoms. The summed E-state index contributed by atoms with van der Waals surface area (Å²) < 4.78 is 39.7. The van der Waals surface area contributed by atoms with Gasteiger partial charge in [-0.05, 0) is 35.4 Å². The minimum Gasteiger partial charge on any atom is -0.493 e. The van der Waals surface area contributed by atoms with Crippen LogP contribution in [0.15, 0.2) is 30.3 Å². The third-order valence-electron chi connectivity index (χ3n) is 6.02. The predicted molar refractivity (Wildman–Crippen MR) is 110 cm³/mol. The fourth-order valence-electron chi connectivity index (χ4n) is 4.53. The summed E-state index contributed by atoms with van der Waals surface area (Å²) in [6.07, 6.45) is -0.157. The first-order valence-corrected chi connectivity index (χ1v) is 9.90. The second-order valence-corrected chi connectivity index (χ2v) is 7.41. The quantitative estimate of drug-likeness (QED) is 0.680. The topological polar surface area (TPSA) is 64.6 Å². The lowest BCUT2D eigenvalue weighted by Crippen LogP contribution is -2.15. The maximum absolute atomic E-state index is 6.24. The molecule has 2 heterocycles. The van der Waals surface area contributed by atoms with Gasteiger partial charge >= 0.3 is 0 Å². The number of benzene rings is 2. The fourth-order valence-corrected chi connectivity index (χ4v) is 4.53. The Morgan fingerprint density at radius 3 is 1.60 bits per heavy atom. The van der Waals surface area contributed by atoms with Crippen LogP contribution in [0.2, 0.25) is 0 Å². The molecular formula is C23H28O7. The first-order chi connectivity index (χ1) is 14.6. The van der Waals surface area contributed by atoms with E-state index in [1.165, 1.54) is 0 Å². The normalized spacial score (nSPS) is 25.0. The second kappa shape index (κ2) is 8.62. The zero-order chi connectivity index (χ0) is 21.3. The summed E-state index contributed by atoms with van der Waals surface area (Å²) in [5.74, 6) is 3.68. The van der Waals surface area contributed by atoms with E-state index in [1.54, 1.807) is 35.5 Å². The van der Waals surface area contributed by atoms with Gasteiger partial charge in [0.2, 0.25) is 5.75 Å². The van der Waals surface area contributed by atoms with Crippen molar-refractivity contribution in [2.75, 3.05) is 48.8 Å². The summed E-state index contributed by atoms with van der Waals surface area (Å²) >= 11 is 0. The van der Waals surface area contributed by atoms with Crippen molar-refractivity contribution in [1.29, 1.82) is 0 Å². The summed E-state index contributed by atoms with van der Waals surface area (Å²) in [6, 6.07) is 9.84. The van der Waals surface area contributed by atoms with E-state index < -0.39 is 0 Å². The van der Waals surface area contributed by atoms with Gasteiger partial charge < -0.3 is 33.2 Å². The van der Waals surface area contributed by atoms with Crippen molar-refractivity contribution in [3.63, 3.8) is 0 Å². The van der Waals surface area contributed by atoms with Crippen molar-refractivity contribution in [1.82, 2.24) is 0 Å². The van der Waals surface area contributed by atoms with Crippen molar-refractivity contribution >= 4 is 0 Å². The average molecular weight is 416 g/mol. The van der Waals surface area contributed by atoms with Crippen molar-refractivity contribution < 1.29 is 33.2 Å². The maximum atomic E-state index is 6.24. The lowest BCUT2D eigenvalue weighted by molar-refractivity contribution is 0.0191. The van der Waals surface area contributed by atoms with Crippen LogP contribution in [0.3, 0.4) is 0 Å². The van der Waals surface area contributed by atoms with Crippen molar-refractivity contribution in [3.05, 3.63) is 41.5 Å². The van der Waals surface area contributed by atoms with E-state index in [0.717, 1.165) is 11.1 Å². The van der Waals surface area contributed by atoms with Crippen molar-refractivity contribution in [2.24, 2.45) is 11.8 Å². The predicted octanol–water partition coefficient (Wildman–Crippen LogP) is 3.80. The van der Waals surface area contributed by atoms with Gasteiger partial charge in [-0.3, -0.25) is 0 Å². The molecule has 4 atom stereocenters. The van der Waals surface area contributed by atoms with E-state index in [-0.39, 0.29) is 24.0 Å². The summed E-state index contributed by atoms with van der Waals surface area (Å²) in [5, 5.41) is 0. The van der Waals surface area contributed by atoms with E-state index in [4.69, 9.17) is 33.2 Å². The SMILES string of the molecule is COc1ccc([C@@H]2OC[C@H]3[C@@H]2CO[C@H]3c2cc(OC)c(OC)c(OC)c2)cc1OC. The molecular weight excluding hydrogens is 388 g/mol. The Balaban J connectivity index is 1.61. The number of rotatable bonds is 7. The van der Waals surface area contributed by atoms with Crippen LogP contribution >= 0.6 is 0 Å². The van der Waals surface area contributed by atoms with E-state index in [0.29, 0.717) is 42.0 Å². The summed E-state index contributed by atoms with van der Waals surface area (Å²) in [5.41, 5.74) is 2.06. The van der Waals surface area contributed by atoms with Gasteiger partial charge in [0.15, 0.2) is 23.0 Å². The fraction of sp³-hybridized carbons (Fsp3) is 0.478. The first-order valence-electron chi connectivity index (χ1n) is 9.90. The van der Waals surface area contributed by atoms with E-state index >= 15 is 0 Å².